The predicted molar refractivity (Wildman–Crippen MR) is 38.3 cm³/mol. The lowest BCUT2D eigenvalue weighted by atomic mass is 10.7. The zero-order valence-corrected chi connectivity index (χ0v) is 6.05. The lowest BCUT2D eigenvalue weighted by Crippen LogP contribution is -1.73. The van der Waals surface area contributed by atoms with Gasteiger partial charge in [0.05, 0.1) is 0 Å². The maximum absolute atomic E-state index is 5.40. The van der Waals surface area contributed by atoms with Crippen molar-refractivity contribution in [1.82, 2.24) is 4.37 Å². The normalized spacial score (nSPS) is 9.62. The average molecular weight is 146 g/mol. The smallest absolute Gasteiger partial charge is 0.112 e. The van der Waals surface area contributed by atoms with Crippen molar-refractivity contribution in [1.29, 1.82) is 0 Å². The quantitative estimate of drug-likeness (QED) is 0.609. The van der Waals surface area contributed by atoms with Gasteiger partial charge in [0, 0.05) is 6.07 Å². The summed E-state index contributed by atoms with van der Waals surface area (Å²) < 4.78 is 4.01. The van der Waals surface area contributed by atoms with Crippen LogP contribution in [0.2, 0.25) is 0 Å². The topological polar surface area (TPSA) is 38.9 Å². The zero-order chi connectivity index (χ0) is 5.98. The first kappa shape index (κ1) is 5.91. The van der Waals surface area contributed by atoms with E-state index in [1.165, 1.54) is 11.5 Å². The molecule has 8 heavy (non-hydrogen) atoms. The molecule has 0 spiro atoms. The van der Waals surface area contributed by atoms with E-state index in [1.54, 1.807) is 11.8 Å². The molecule has 2 nitrogen and oxygen atoms in total. The van der Waals surface area contributed by atoms with Crippen molar-refractivity contribution in [3.05, 3.63) is 6.07 Å². The van der Waals surface area contributed by atoms with E-state index in [0.717, 1.165) is 10.0 Å². The summed E-state index contributed by atoms with van der Waals surface area (Å²) >= 11 is 2.94. The van der Waals surface area contributed by atoms with E-state index in [9.17, 15) is 0 Å². The maximum atomic E-state index is 5.40. The van der Waals surface area contributed by atoms with E-state index in [-0.39, 0.29) is 0 Å². The highest BCUT2D eigenvalue weighted by Crippen LogP contribution is 2.18. The van der Waals surface area contributed by atoms with Crippen LogP contribution in [0.3, 0.4) is 0 Å². The molecule has 0 saturated heterocycles. The Bertz CT molecular complexity index is 172. The molecule has 0 aliphatic carbocycles. The third-order valence-electron chi connectivity index (χ3n) is 0.716. The summed E-state index contributed by atoms with van der Waals surface area (Å²) in [7, 11) is 0. The summed E-state index contributed by atoms with van der Waals surface area (Å²) in [5, 5.41) is 1.79. The molecule has 1 aromatic rings. The molecule has 2 N–H and O–H groups in total. The molecule has 44 valence electrons. The van der Waals surface area contributed by atoms with Crippen molar-refractivity contribution in [2.75, 3.05) is 12.0 Å². The molecule has 0 saturated carbocycles. The molecule has 1 heterocycles. The zero-order valence-electron chi connectivity index (χ0n) is 4.42. The minimum absolute atomic E-state index is 0.786. The molecule has 0 amide bonds. The highest BCUT2D eigenvalue weighted by molar-refractivity contribution is 7.98. The summed E-state index contributed by atoms with van der Waals surface area (Å²) in [4.78, 5) is 0. The van der Waals surface area contributed by atoms with Gasteiger partial charge in [-0.05, 0) is 17.8 Å². The second-order valence-electron chi connectivity index (χ2n) is 1.27. The van der Waals surface area contributed by atoms with Crippen LogP contribution >= 0.6 is 23.3 Å². The number of rotatable bonds is 1. The lowest BCUT2D eigenvalue weighted by molar-refractivity contribution is 1.30. The van der Waals surface area contributed by atoms with Crippen molar-refractivity contribution < 1.29 is 0 Å². The molecular formula is C4H6N2S2. The van der Waals surface area contributed by atoms with Gasteiger partial charge in [-0.2, -0.15) is 4.37 Å². The van der Waals surface area contributed by atoms with Crippen molar-refractivity contribution in [3.63, 3.8) is 0 Å². The minimum Gasteiger partial charge on any atom is -0.389 e. The fraction of sp³-hybridized carbons (Fsp3) is 0.250. The third kappa shape index (κ3) is 1.14. The van der Waals surface area contributed by atoms with Gasteiger partial charge in [0.2, 0.25) is 0 Å². The maximum Gasteiger partial charge on any atom is 0.112 e. The molecule has 0 bridgehead atoms. The van der Waals surface area contributed by atoms with Gasteiger partial charge in [-0.1, -0.05) is 0 Å². The number of nitrogens with zero attached hydrogens (tertiary/aromatic N) is 1. The Morgan fingerprint density at radius 2 is 2.62 bits per heavy atom. The highest BCUT2D eigenvalue weighted by Gasteiger charge is 1.92. The Kier molecular flexibility index (Phi) is 1.75. The van der Waals surface area contributed by atoms with Gasteiger partial charge >= 0.3 is 0 Å². The first-order chi connectivity index (χ1) is 3.83. The molecular weight excluding hydrogens is 140 g/mol. The van der Waals surface area contributed by atoms with Gasteiger partial charge in [-0.25, -0.2) is 0 Å². The number of nitrogens with two attached hydrogens (primary N) is 1. The number of nitrogen functional groups attached to an aromatic ring is 1. The Morgan fingerprint density at radius 1 is 1.88 bits per heavy atom. The fourth-order valence-corrected chi connectivity index (χ4v) is 1.51. The van der Waals surface area contributed by atoms with Crippen molar-refractivity contribution in [3.8, 4) is 0 Å². The monoisotopic (exact) mass is 146 g/mol. The van der Waals surface area contributed by atoms with Crippen LogP contribution in [0.1, 0.15) is 0 Å². The average Bonchev–Trinajstić information content (AvgIpc) is 2.14. The molecule has 0 fully saturated rings. The van der Waals surface area contributed by atoms with Crippen LogP contribution in [0.15, 0.2) is 11.1 Å². The number of aromatic nitrogens is 1. The van der Waals surface area contributed by atoms with Gasteiger partial charge in [0.15, 0.2) is 0 Å². The molecule has 1 rings (SSSR count). The van der Waals surface area contributed by atoms with Crippen LogP contribution in [0.4, 0.5) is 5.00 Å². The van der Waals surface area contributed by atoms with Crippen LogP contribution in [0.25, 0.3) is 0 Å². The highest BCUT2D eigenvalue weighted by atomic mass is 32.2. The van der Waals surface area contributed by atoms with E-state index in [2.05, 4.69) is 4.37 Å². The molecule has 0 radical (unpaired) electrons. The fourth-order valence-electron chi connectivity index (χ4n) is 0.368. The summed E-state index contributed by atoms with van der Waals surface area (Å²) in [6, 6.07) is 1.87. The van der Waals surface area contributed by atoms with Gasteiger partial charge in [0.1, 0.15) is 10.0 Å². The van der Waals surface area contributed by atoms with Crippen LogP contribution in [-0.2, 0) is 0 Å². The second kappa shape index (κ2) is 2.37. The minimum atomic E-state index is 0.786. The van der Waals surface area contributed by atoms with Crippen LogP contribution in [-0.4, -0.2) is 10.6 Å². The van der Waals surface area contributed by atoms with Crippen molar-refractivity contribution in [2.24, 2.45) is 0 Å². The van der Waals surface area contributed by atoms with Crippen LogP contribution < -0.4 is 5.73 Å². The summed E-state index contributed by atoms with van der Waals surface area (Å²) in [6.07, 6.45) is 1.98. The van der Waals surface area contributed by atoms with E-state index >= 15 is 0 Å². The van der Waals surface area contributed by atoms with Crippen molar-refractivity contribution >= 4 is 28.3 Å². The SMILES string of the molecule is CSc1cc(N)sn1. The molecule has 0 unspecified atom stereocenters. The standard InChI is InChI=1S/C4H6N2S2/c1-7-4-2-3(5)8-6-4/h2H,5H2,1H3. The van der Waals surface area contributed by atoms with E-state index in [1.807, 2.05) is 12.3 Å². The molecule has 0 aliphatic heterocycles. The summed E-state index contributed by atoms with van der Waals surface area (Å²) in [5.74, 6) is 0. The van der Waals surface area contributed by atoms with Gasteiger partial charge in [-0.15, -0.1) is 11.8 Å². The summed E-state index contributed by atoms with van der Waals surface area (Å²) in [6.45, 7) is 0. The predicted octanol–water partition coefficient (Wildman–Crippen LogP) is 1.45. The number of hydrogen-bond donors (Lipinski definition) is 1. The largest absolute Gasteiger partial charge is 0.389 e. The van der Waals surface area contributed by atoms with E-state index in [0.29, 0.717) is 0 Å². The Labute approximate surface area is 56.3 Å². The lowest BCUT2D eigenvalue weighted by Gasteiger charge is -1.77. The molecule has 0 atom stereocenters. The van der Waals surface area contributed by atoms with Gasteiger partial charge in [-0.3, -0.25) is 0 Å². The molecule has 4 heteroatoms. The van der Waals surface area contributed by atoms with Crippen molar-refractivity contribution in [2.45, 2.75) is 5.03 Å². The summed E-state index contributed by atoms with van der Waals surface area (Å²) in [5.41, 5.74) is 5.40. The molecule has 0 aliphatic rings. The Hall–Kier alpha value is -0.220. The van der Waals surface area contributed by atoms with Gasteiger partial charge in [0.25, 0.3) is 0 Å². The number of thioether (sulfide) groups is 1. The second-order valence-corrected chi connectivity index (χ2v) is 2.93. The van der Waals surface area contributed by atoms with Gasteiger partial charge < -0.3 is 5.73 Å². The molecule has 1 aromatic heterocycles. The van der Waals surface area contributed by atoms with Crippen LogP contribution in [0.5, 0.6) is 0 Å². The third-order valence-corrected chi connectivity index (χ3v) is 2.08. The Morgan fingerprint density at radius 3 is 2.88 bits per heavy atom. The van der Waals surface area contributed by atoms with Crippen LogP contribution in [0, 0.1) is 0 Å². The first-order valence-corrected chi connectivity index (χ1v) is 4.09. The first-order valence-electron chi connectivity index (χ1n) is 2.09. The Balaban J connectivity index is 2.84. The van der Waals surface area contributed by atoms with E-state index in [4.69, 9.17) is 5.73 Å². The number of hydrogen-bond acceptors (Lipinski definition) is 4. The van der Waals surface area contributed by atoms with E-state index < -0.39 is 0 Å². The number of anilines is 1. The molecule has 0 aromatic carbocycles.